The van der Waals surface area contributed by atoms with Crippen LogP contribution in [0, 0.1) is 0 Å². The van der Waals surface area contributed by atoms with Crippen LogP contribution in [0.5, 0.6) is 0 Å². The van der Waals surface area contributed by atoms with Crippen molar-refractivity contribution in [2.24, 2.45) is 14.1 Å². The summed E-state index contributed by atoms with van der Waals surface area (Å²) in [4.78, 5) is 53.9. The van der Waals surface area contributed by atoms with Crippen molar-refractivity contribution in [3.63, 3.8) is 0 Å². The van der Waals surface area contributed by atoms with Crippen molar-refractivity contribution in [1.29, 1.82) is 0 Å². The first-order chi connectivity index (χ1) is 21.2. The highest BCUT2D eigenvalue weighted by atomic mass is 35.5. The van der Waals surface area contributed by atoms with E-state index >= 15 is 0 Å². The lowest BCUT2D eigenvalue weighted by atomic mass is 10.2. The van der Waals surface area contributed by atoms with Gasteiger partial charge in [-0.2, -0.15) is 0 Å². The maximum absolute atomic E-state index is 13.1. The molecule has 1 aliphatic rings. The molecule has 4 heterocycles. The zero-order valence-corrected chi connectivity index (χ0v) is 25.8. The number of morpholine rings is 1. The highest BCUT2D eigenvalue weighted by Crippen LogP contribution is 2.24. The topological polar surface area (TPSA) is 139 Å². The molecular formula is C30H32ClN7O5S. The van der Waals surface area contributed by atoms with Gasteiger partial charge < -0.3 is 35.1 Å². The van der Waals surface area contributed by atoms with E-state index in [-0.39, 0.29) is 11.8 Å². The van der Waals surface area contributed by atoms with Gasteiger partial charge >= 0.3 is 0 Å². The largest absolute Gasteiger partial charge is 0.379 e. The van der Waals surface area contributed by atoms with Gasteiger partial charge in [-0.25, -0.2) is 0 Å². The van der Waals surface area contributed by atoms with Crippen molar-refractivity contribution >= 4 is 63.6 Å². The molecule has 0 bridgehead atoms. The summed E-state index contributed by atoms with van der Waals surface area (Å²) in [5.74, 6) is -1.42. The lowest BCUT2D eigenvalue weighted by molar-refractivity contribution is 0.0383. The highest BCUT2D eigenvalue weighted by molar-refractivity contribution is 7.12. The van der Waals surface area contributed by atoms with Crippen LogP contribution in [-0.2, 0) is 18.8 Å². The molecule has 4 aromatic rings. The summed E-state index contributed by atoms with van der Waals surface area (Å²) in [6.07, 6.45) is 3.29. The third kappa shape index (κ3) is 7.55. The number of carbonyl (C=O) groups excluding carboxylic acids is 4. The molecule has 0 atom stereocenters. The third-order valence-corrected chi connectivity index (χ3v) is 8.35. The molecule has 0 aliphatic carbocycles. The number of halogens is 1. The van der Waals surface area contributed by atoms with Crippen LogP contribution in [0.25, 0.3) is 0 Å². The van der Waals surface area contributed by atoms with Crippen LogP contribution in [0.1, 0.15) is 41.0 Å². The number of amides is 4. The first kappa shape index (κ1) is 31.0. The van der Waals surface area contributed by atoms with Crippen LogP contribution in [0.15, 0.2) is 60.2 Å². The normalized spacial score (nSPS) is 13.3. The van der Waals surface area contributed by atoms with Gasteiger partial charge in [0.05, 0.1) is 29.6 Å². The Morgan fingerprint density at radius 3 is 2.11 bits per heavy atom. The molecule has 4 amide bonds. The van der Waals surface area contributed by atoms with Crippen LogP contribution in [0.3, 0.4) is 0 Å². The number of aryl methyl sites for hydroxylation is 2. The Labute approximate surface area is 262 Å². The third-order valence-electron chi connectivity index (χ3n) is 7.01. The lowest BCUT2D eigenvalue weighted by Gasteiger charge is -2.26. The summed E-state index contributed by atoms with van der Waals surface area (Å²) in [7, 11) is 3.43. The molecule has 0 spiro atoms. The number of anilines is 3. The molecule has 1 saturated heterocycles. The molecule has 0 unspecified atom stereocenters. The minimum Gasteiger partial charge on any atom is -0.379 e. The quantitative estimate of drug-likeness (QED) is 0.208. The Balaban J connectivity index is 1.17. The standard InChI is InChI=1S/C30H32ClN7O5S/c1-36-18-22(15-24(36)28(40)32-7-8-38-9-11-43-12-10-38)35-29(41)25-16-21(17-37(25)2)34-27(39)19-4-3-5-20(14-19)33-30(42)26-23(31)6-13-44-26/h3-6,13-18H,7-12H2,1-2H3,(H,32,40)(H,33,42)(H,34,39)(H,35,41). The predicted molar refractivity (Wildman–Crippen MR) is 170 cm³/mol. The number of aromatic nitrogens is 2. The second-order valence-corrected chi connectivity index (χ2v) is 11.5. The van der Waals surface area contributed by atoms with Crippen LogP contribution >= 0.6 is 22.9 Å². The molecule has 44 heavy (non-hydrogen) atoms. The molecule has 12 nitrogen and oxygen atoms in total. The molecule has 14 heteroatoms. The van der Waals surface area contributed by atoms with Gasteiger partial charge in [0.1, 0.15) is 16.3 Å². The highest BCUT2D eigenvalue weighted by Gasteiger charge is 2.19. The first-order valence-corrected chi connectivity index (χ1v) is 15.1. The van der Waals surface area contributed by atoms with Crippen LogP contribution in [-0.4, -0.2) is 77.1 Å². The Kier molecular flexibility index (Phi) is 9.80. The van der Waals surface area contributed by atoms with Gasteiger partial charge in [-0.05, 0) is 41.8 Å². The van der Waals surface area contributed by atoms with E-state index in [0.717, 1.165) is 19.6 Å². The van der Waals surface area contributed by atoms with Gasteiger partial charge in [0, 0.05) is 63.9 Å². The first-order valence-electron chi connectivity index (χ1n) is 13.9. The van der Waals surface area contributed by atoms with Crippen molar-refractivity contribution in [3.05, 3.63) is 87.1 Å². The fourth-order valence-corrected chi connectivity index (χ4v) is 5.78. The number of benzene rings is 1. The van der Waals surface area contributed by atoms with Crippen LogP contribution in [0.4, 0.5) is 17.1 Å². The molecule has 1 aromatic carbocycles. The maximum atomic E-state index is 13.1. The summed E-state index contributed by atoms with van der Waals surface area (Å²) in [6, 6.07) is 11.3. The molecule has 0 radical (unpaired) electrons. The van der Waals surface area contributed by atoms with Gasteiger partial charge in [0.2, 0.25) is 0 Å². The van der Waals surface area contributed by atoms with Crippen molar-refractivity contribution < 1.29 is 23.9 Å². The van der Waals surface area contributed by atoms with Crippen LogP contribution in [0.2, 0.25) is 5.02 Å². The van der Waals surface area contributed by atoms with E-state index in [0.29, 0.717) is 63.7 Å². The average Bonchev–Trinajstić information content (AvgIpc) is 3.71. The van der Waals surface area contributed by atoms with E-state index in [1.54, 1.807) is 83.5 Å². The molecule has 230 valence electrons. The SMILES string of the molecule is Cn1cc(NC(=O)c2cc(NC(=O)c3cccc(NC(=O)c4sccc4Cl)c3)cn2C)cc1C(=O)NCCN1CCOCC1. The number of carbonyl (C=O) groups is 4. The van der Waals surface area contributed by atoms with Gasteiger partial charge in [0.15, 0.2) is 0 Å². The van der Waals surface area contributed by atoms with Crippen molar-refractivity contribution in [2.45, 2.75) is 0 Å². The number of hydrogen-bond acceptors (Lipinski definition) is 7. The molecular weight excluding hydrogens is 606 g/mol. The molecule has 1 aliphatic heterocycles. The molecule has 1 fully saturated rings. The van der Waals surface area contributed by atoms with E-state index in [9.17, 15) is 19.2 Å². The van der Waals surface area contributed by atoms with Gasteiger partial charge in [-0.3, -0.25) is 24.1 Å². The van der Waals surface area contributed by atoms with Gasteiger partial charge in [-0.1, -0.05) is 17.7 Å². The number of nitrogens with one attached hydrogen (secondary N) is 4. The van der Waals surface area contributed by atoms with Gasteiger partial charge in [0.25, 0.3) is 23.6 Å². The minimum atomic E-state index is -0.417. The second kappa shape index (κ2) is 13.9. The molecule has 3 aromatic heterocycles. The van der Waals surface area contributed by atoms with Crippen molar-refractivity contribution in [3.8, 4) is 0 Å². The molecule has 4 N–H and O–H groups in total. The Morgan fingerprint density at radius 2 is 1.45 bits per heavy atom. The van der Waals surface area contributed by atoms with Crippen LogP contribution < -0.4 is 21.3 Å². The minimum absolute atomic E-state index is 0.232. The summed E-state index contributed by atoms with van der Waals surface area (Å²) < 4.78 is 8.59. The smallest absolute Gasteiger partial charge is 0.272 e. The Bertz CT molecular complexity index is 1690. The number of rotatable bonds is 10. The predicted octanol–water partition coefficient (Wildman–Crippen LogP) is 3.90. The number of hydrogen-bond donors (Lipinski definition) is 4. The van der Waals surface area contributed by atoms with E-state index in [2.05, 4.69) is 26.2 Å². The molecule has 0 saturated carbocycles. The van der Waals surface area contributed by atoms with Crippen molar-refractivity contribution in [1.82, 2.24) is 19.4 Å². The number of thiophene rings is 1. The summed E-state index contributed by atoms with van der Waals surface area (Å²) in [5.41, 5.74) is 2.35. The zero-order chi connectivity index (χ0) is 31.2. The van der Waals surface area contributed by atoms with E-state index in [1.807, 2.05) is 0 Å². The van der Waals surface area contributed by atoms with E-state index in [4.69, 9.17) is 16.3 Å². The average molecular weight is 638 g/mol. The summed E-state index contributed by atoms with van der Waals surface area (Å²) in [6.45, 7) is 4.34. The van der Waals surface area contributed by atoms with E-state index in [1.165, 1.54) is 11.3 Å². The maximum Gasteiger partial charge on any atom is 0.272 e. The van der Waals surface area contributed by atoms with Gasteiger partial charge in [-0.15, -0.1) is 11.3 Å². The molecule has 5 rings (SSSR count). The second-order valence-electron chi connectivity index (χ2n) is 10.2. The lowest BCUT2D eigenvalue weighted by Crippen LogP contribution is -2.41. The summed E-state index contributed by atoms with van der Waals surface area (Å²) in [5, 5.41) is 13.4. The fraction of sp³-hybridized carbons (Fsp3) is 0.267. The van der Waals surface area contributed by atoms with E-state index < -0.39 is 11.8 Å². The Hall–Kier alpha value is -4.43. The van der Waals surface area contributed by atoms with Crippen molar-refractivity contribution in [2.75, 3.05) is 55.3 Å². The summed E-state index contributed by atoms with van der Waals surface area (Å²) >= 11 is 7.27. The number of ether oxygens (including phenoxy) is 1. The fourth-order valence-electron chi connectivity index (χ4n) is 4.74. The Morgan fingerprint density at radius 1 is 0.818 bits per heavy atom. The zero-order valence-electron chi connectivity index (χ0n) is 24.2. The monoisotopic (exact) mass is 637 g/mol. The number of nitrogens with zero attached hydrogens (tertiary/aromatic N) is 3.